The molecule has 1 fully saturated rings. The summed E-state index contributed by atoms with van der Waals surface area (Å²) in [5.41, 5.74) is 0.607. The van der Waals surface area contributed by atoms with Crippen LogP contribution in [0.15, 0.2) is 42.5 Å². The van der Waals surface area contributed by atoms with Crippen molar-refractivity contribution < 1.29 is 23.1 Å². The molecule has 3 rings (SSSR count). The first-order valence-electron chi connectivity index (χ1n) is 9.98. The van der Waals surface area contributed by atoms with Gasteiger partial charge < -0.3 is 15.4 Å². The van der Waals surface area contributed by atoms with E-state index < -0.39 is 11.4 Å². The minimum absolute atomic E-state index is 0.0935. The molecule has 7 heteroatoms. The van der Waals surface area contributed by atoms with Crippen LogP contribution in [0, 0.1) is 11.6 Å². The summed E-state index contributed by atoms with van der Waals surface area (Å²) in [7, 11) is 1.47. The molecule has 160 valence electrons. The van der Waals surface area contributed by atoms with Crippen molar-refractivity contribution in [3.05, 3.63) is 65.2 Å². The minimum atomic E-state index is -0.664. The monoisotopic (exact) mass is 416 g/mol. The lowest BCUT2D eigenvalue weighted by atomic mass is 9.84. The van der Waals surface area contributed by atoms with Crippen LogP contribution in [-0.4, -0.2) is 24.5 Å². The van der Waals surface area contributed by atoms with Crippen LogP contribution >= 0.6 is 0 Å². The number of halogens is 2. The topological polar surface area (TPSA) is 67.4 Å². The Morgan fingerprint density at radius 1 is 1.23 bits per heavy atom. The van der Waals surface area contributed by atoms with Gasteiger partial charge in [-0.15, -0.1) is 0 Å². The number of hydrogen-bond acceptors (Lipinski definition) is 3. The summed E-state index contributed by atoms with van der Waals surface area (Å²) in [5, 5.41) is 5.85. The van der Waals surface area contributed by atoms with Gasteiger partial charge in [-0.3, -0.25) is 9.59 Å². The number of carbonyl (C=O) groups is 2. The predicted molar refractivity (Wildman–Crippen MR) is 109 cm³/mol. The van der Waals surface area contributed by atoms with Gasteiger partial charge >= 0.3 is 0 Å². The van der Waals surface area contributed by atoms with E-state index in [0.29, 0.717) is 37.0 Å². The summed E-state index contributed by atoms with van der Waals surface area (Å²) in [6.45, 7) is 1.82. The maximum atomic E-state index is 14.4. The van der Waals surface area contributed by atoms with Gasteiger partial charge in [0.2, 0.25) is 11.8 Å². The molecule has 1 aliphatic heterocycles. The normalized spacial score (nSPS) is 19.3. The van der Waals surface area contributed by atoms with Crippen molar-refractivity contribution in [2.24, 2.45) is 0 Å². The largest absolute Gasteiger partial charge is 0.497 e. The molecule has 2 amide bonds. The molecule has 5 nitrogen and oxygen atoms in total. The van der Waals surface area contributed by atoms with Crippen molar-refractivity contribution in [1.82, 2.24) is 10.6 Å². The number of amides is 2. The predicted octanol–water partition coefficient (Wildman–Crippen LogP) is 3.82. The van der Waals surface area contributed by atoms with Gasteiger partial charge in [0.15, 0.2) is 0 Å². The molecule has 1 aliphatic rings. The van der Waals surface area contributed by atoms with Crippen LogP contribution in [0.3, 0.4) is 0 Å². The molecule has 30 heavy (non-hydrogen) atoms. The third kappa shape index (κ3) is 5.34. The van der Waals surface area contributed by atoms with Crippen molar-refractivity contribution in [3.8, 4) is 5.75 Å². The van der Waals surface area contributed by atoms with Crippen LogP contribution in [0.5, 0.6) is 5.75 Å². The van der Waals surface area contributed by atoms with E-state index >= 15 is 0 Å². The van der Waals surface area contributed by atoms with Crippen molar-refractivity contribution >= 4 is 11.8 Å². The molecule has 2 aromatic carbocycles. The van der Waals surface area contributed by atoms with Gasteiger partial charge in [0.05, 0.1) is 13.2 Å². The Kier molecular flexibility index (Phi) is 6.70. The maximum Gasteiger partial charge on any atom is 0.220 e. The highest BCUT2D eigenvalue weighted by molar-refractivity contribution is 5.80. The van der Waals surface area contributed by atoms with Crippen LogP contribution in [0.2, 0.25) is 0 Å². The second kappa shape index (κ2) is 9.24. The lowest BCUT2D eigenvalue weighted by molar-refractivity contribution is -0.123. The summed E-state index contributed by atoms with van der Waals surface area (Å²) in [6, 6.07) is 10.3. The SMILES string of the molecule is COc1ccc(C[C@]2(CCC(=O)N[C@H](C)c3ccc(F)cc3)CCC(=O)N2)c(F)c1. The number of nitrogens with one attached hydrogen (secondary N) is 2. The molecule has 2 aromatic rings. The van der Waals surface area contributed by atoms with Gasteiger partial charge in [0.1, 0.15) is 17.4 Å². The molecule has 2 atom stereocenters. The van der Waals surface area contributed by atoms with E-state index in [1.54, 1.807) is 24.3 Å². The molecule has 1 heterocycles. The van der Waals surface area contributed by atoms with Crippen LogP contribution in [0.4, 0.5) is 8.78 Å². The first-order valence-corrected chi connectivity index (χ1v) is 9.98. The number of benzene rings is 2. The van der Waals surface area contributed by atoms with Crippen LogP contribution in [0.25, 0.3) is 0 Å². The zero-order valence-electron chi connectivity index (χ0n) is 17.1. The first kappa shape index (κ1) is 21.7. The van der Waals surface area contributed by atoms with Crippen molar-refractivity contribution in [3.63, 3.8) is 0 Å². The van der Waals surface area contributed by atoms with E-state index in [1.165, 1.54) is 25.3 Å². The number of hydrogen-bond donors (Lipinski definition) is 2. The smallest absolute Gasteiger partial charge is 0.220 e. The second-order valence-electron chi connectivity index (χ2n) is 7.80. The van der Waals surface area contributed by atoms with Gasteiger partial charge in [0, 0.05) is 24.4 Å². The molecule has 0 saturated carbocycles. The molecule has 1 saturated heterocycles. The average Bonchev–Trinajstić information content (AvgIpc) is 3.09. The van der Waals surface area contributed by atoms with Crippen molar-refractivity contribution in [2.45, 2.75) is 50.6 Å². The average molecular weight is 416 g/mol. The number of rotatable bonds is 8. The highest BCUT2D eigenvalue weighted by atomic mass is 19.1. The first-order chi connectivity index (χ1) is 14.3. The Balaban J connectivity index is 1.64. The van der Waals surface area contributed by atoms with Crippen LogP contribution in [0.1, 0.15) is 49.8 Å². The fraction of sp³-hybridized carbons (Fsp3) is 0.391. The van der Waals surface area contributed by atoms with E-state index in [4.69, 9.17) is 4.74 Å². The van der Waals surface area contributed by atoms with Crippen LogP contribution in [-0.2, 0) is 16.0 Å². The van der Waals surface area contributed by atoms with Gasteiger partial charge in [0.25, 0.3) is 0 Å². The Labute approximate surface area is 174 Å². The fourth-order valence-corrected chi connectivity index (χ4v) is 3.85. The van der Waals surface area contributed by atoms with Crippen molar-refractivity contribution in [1.29, 1.82) is 0 Å². The molecule has 0 bridgehead atoms. The highest BCUT2D eigenvalue weighted by Crippen LogP contribution is 2.31. The third-order valence-corrected chi connectivity index (χ3v) is 5.60. The lowest BCUT2D eigenvalue weighted by Crippen LogP contribution is -2.44. The van der Waals surface area contributed by atoms with Crippen LogP contribution < -0.4 is 15.4 Å². The zero-order chi connectivity index (χ0) is 21.7. The highest BCUT2D eigenvalue weighted by Gasteiger charge is 2.38. The Bertz CT molecular complexity index is 917. The summed E-state index contributed by atoms with van der Waals surface area (Å²) in [6.07, 6.45) is 1.77. The van der Waals surface area contributed by atoms with Gasteiger partial charge in [-0.2, -0.15) is 0 Å². The third-order valence-electron chi connectivity index (χ3n) is 5.60. The van der Waals surface area contributed by atoms with Gasteiger partial charge in [-0.1, -0.05) is 18.2 Å². The zero-order valence-corrected chi connectivity index (χ0v) is 17.1. The number of methoxy groups -OCH3 is 1. The van der Waals surface area contributed by atoms with E-state index in [-0.39, 0.29) is 30.1 Å². The van der Waals surface area contributed by atoms with Crippen molar-refractivity contribution in [2.75, 3.05) is 7.11 Å². The molecule has 0 radical (unpaired) electrons. The molecular formula is C23H26F2N2O3. The summed E-state index contributed by atoms with van der Waals surface area (Å²) in [4.78, 5) is 24.4. The molecular weight excluding hydrogens is 390 g/mol. The van der Waals surface area contributed by atoms with Gasteiger partial charge in [-0.25, -0.2) is 8.78 Å². The molecule has 0 unspecified atom stereocenters. The second-order valence-corrected chi connectivity index (χ2v) is 7.80. The van der Waals surface area contributed by atoms with E-state index in [9.17, 15) is 18.4 Å². The van der Waals surface area contributed by atoms with E-state index in [0.717, 1.165) is 5.56 Å². The molecule has 0 aromatic heterocycles. The lowest BCUT2D eigenvalue weighted by Gasteiger charge is -2.30. The number of carbonyl (C=O) groups excluding carboxylic acids is 2. The maximum absolute atomic E-state index is 14.4. The number of ether oxygens (including phenoxy) is 1. The van der Waals surface area contributed by atoms with Gasteiger partial charge in [-0.05, 0) is 55.5 Å². The quantitative estimate of drug-likeness (QED) is 0.688. The summed E-state index contributed by atoms with van der Waals surface area (Å²) in [5.74, 6) is -0.576. The molecule has 0 spiro atoms. The minimum Gasteiger partial charge on any atom is -0.497 e. The standard InChI is InChI=1S/C23H26F2N2O3/c1-15(16-3-6-18(24)7-4-16)26-21(28)9-11-23(12-10-22(29)27-23)14-17-5-8-19(30-2)13-20(17)25/h3-8,13,15H,9-12,14H2,1-2H3,(H,26,28)(H,27,29)/t15-,23+/m1/s1. The fourth-order valence-electron chi connectivity index (χ4n) is 3.85. The van der Waals surface area contributed by atoms with E-state index in [2.05, 4.69) is 10.6 Å². The molecule has 0 aliphatic carbocycles. The van der Waals surface area contributed by atoms with E-state index in [1.807, 2.05) is 6.92 Å². The Morgan fingerprint density at radius 3 is 2.57 bits per heavy atom. The Morgan fingerprint density at radius 2 is 1.97 bits per heavy atom. The summed E-state index contributed by atoms with van der Waals surface area (Å²) < 4.78 is 32.6. The Hall–Kier alpha value is -2.96. The summed E-state index contributed by atoms with van der Waals surface area (Å²) >= 11 is 0. The molecule has 2 N–H and O–H groups in total.